The summed E-state index contributed by atoms with van der Waals surface area (Å²) in [6.45, 7) is 0. The Balaban J connectivity index is 1.77. The van der Waals surface area contributed by atoms with Crippen LogP contribution in [0.5, 0.6) is 0 Å². The van der Waals surface area contributed by atoms with Crippen LogP contribution >= 0.6 is 0 Å². The van der Waals surface area contributed by atoms with Crippen molar-refractivity contribution < 1.29 is 19.1 Å². The molecule has 0 saturated carbocycles. The number of carbonyl (C=O) groups is 2. The predicted octanol–water partition coefficient (Wildman–Crippen LogP) is -0.766. The van der Waals surface area contributed by atoms with Gasteiger partial charge in [0.2, 0.25) is 5.96 Å². The molecule has 0 saturated heterocycles. The fraction of sp³-hybridized carbons (Fsp3) is 0.167. The molecule has 8 heteroatoms. The third-order valence-corrected chi connectivity index (χ3v) is 2.71. The van der Waals surface area contributed by atoms with E-state index in [1.807, 2.05) is 12.1 Å². The van der Waals surface area contributed by atoms with Gasteiger partial charge in [0.1, 0.15) is 11.6 Å². The van der Waals surface area contributed by atoms with Gasteiger partial charge in [-0.1, -0.05) is 12.1 Å². The Labute approximate surface area is 112 Å². The van der Waals surface area contributed by atoms with Crippen LogP contribution in [0.3, 0.4) is 0 Å². The van der Waals surface area contributed by atoms with E-state index in [1.54, 1.807) is 12.1 Å². The summed E-state index contributed by atoms with van der Waals surface area (Å²) < 4.78 is 5.40. The molecule has 0 radical (unpaired) electrons. The third kappa shape index (κ3) is 2.30. The zero-order chi connectivity index (χ0) is 14.1. The summed E-state index contributed by atoms with van der Waals surface area (Å²) in [6, 6.07) is 6.33. The number of amides is 1. The quantitative estimate of drug-likeness (QED) is 0.758. The van der Waals surface area contributed by atoms with Crippen LogP contribution in [0.25, 0.3) is 11.1 Å². The van der Waals surface area contributed by atoms with Gasteiger partial charge in [-0.15, -0.1) is 0 Å². The lowest BCUT2D eigenvalue weighted by atomic mass is 10.2. The maximum absolute atomic E-state index is 11.5. The Hall–Kier alpha value is -2.90. The van der Waals surface area contributed by atoms with Crippen LogP contribution in [-0.2, 0) is 9.59 Å². The second-order valence-corrected chi connectivity index (χ2v) is 4.17. The van der Waals surface area contributed by atoms with Crippen LogP contribution in [0.4, 0.5) is 6.01 Å². The molecule has 1 aliphatic rings. The highest BCUT2D eigenvalue weighted by Gasteiger charge is 2.27. The minimum absolute atomic E-state index is 0.104. The lowest BCUT2D eigenvalue weighted by Gasteiger charge is -2.03. The van der Waals surface area contributed by atoms with Gasteiger partial charge < -0.3 is 14.3 Å². The fourth-order valence-corrected chi connectivity index (χ4v) is 1.83. The molecule has 1 amide bonds. The largest absolute Gasteiger partial charge is 0.550 e. The monoisotopic (exact) mass is 273 g/mol. The van der Waals surface area contributed by atoms with Crippen LogP contribution in [-0.4, -0.2) is 28.9 Å². The van der Waals surface area contributed by atoms with Gasteiger partial charge in [-0.2, -0.15) is 4.98 Å². The molecule has 3 rings (SSSR count). The first-order chi connectivity index (χ1) is 9.61. The molecule has 0 fully saturated rings. The van der Waals surface area contributed by atoms with Gasteiger partial charge in [-0.25, -0.2) is 4.99 Å². The number of aliphatic imine (C=N–C) groups is 1. The fourth-order valence-electron chi connectivity index (χ4n) is 1.83. The van der Waals surface area contributed by atoms with Crippen molar-refractivity contribution >= 4 is 35.0 Å². The van der Waals surface area contributed by atoms with Crippen molar-refractivity contribution in [1.29, 1.82) is 0 Å². The SMILES string of the molecule is O=C([O-])C[C@H]1N=C(Nc2nc3ccccc3o2)NC1=O. The van der Waals surface area contributed by atoms with Gasteiger partial charge in [0.05, 0.1) is 0 Å². The number of anilines is 1. The maximum atomic E-state index is 11.5. The molecule has 0 unspecified atom stereocenters. The number of hydrogen-bond acceptors (Lipinski definition) is 7. The van der Waals surface area contributed by atoms with Crippen molar-refractivity contribution in [2.45, 2.75) is 12.5 Å². The number of fused-ring (bicyclic) bond motifs is 1. The number of oxazole rings is 1. The van der Waals surface area contributed by atoms with E-state index in [-0.39, 0.29) is 12.0 Å². The van der Waals surface area contributed by atoms with E-state index in [2.05, 4.69) is 20.6 Å². The minimum Gasteiger partial charge on any atom is -0.550 e. The van der Waals surface area contributed by atoms with E-state index >= 15 is 0 Å². The van der Waals surface area contributed by atoms with Gasteiger partial charge in [0.25, 0.3) is 5.91 Å². The van der Waals surface area contributed by atoms with E-state index in [9.17, 15) is 14.7 Å². The molecule has 2 aromatic rings. The first-order valence-electron chi connectivity index (χ1n) is 5.83. The number of carboxylic acid groups (broad SMARTS) is 1. The topological polar surface area (TPSA) is 120 Å². The average Bonchev–Trinajstić information content (AvgIpc) is 2.92. The van der Waals surface area contributed by atoms with Crippen LogP contribution < -0.4 is 15.7 Å². The number of aliphatic carboxylic acids is 1. The molecule has 0 bridgehead atoms. The van der Waals surface area contributed by atoms with Crippen LogP contribution in [0.15, 0.2) is 33.7 Å². The van der Waals surface area contributed by atoms with Crippen LogP contribution in [0.2, 0.25) is 0 Å². The lowest BCUT2D eigenvalue weighted by Crippen LogP contribution is -2.35. The van der Waals surface area contributed by atoms with Crippen LogP contribution in [0, 0.1) is 0 Å². The first kappa shape index (κ1) is 12.2. The number of para-hydroxylation sites is 2. The van der Waals surface area contributed by atoms with E-state index in [0.717, 1.165) is 0 Å². The van der Waals surface area contributed by atoms with Crippen molar-refractivity contribution in [3.05, 3.63) is 24.3 Å². The summed E-state index contributed by atoms with van der Waals surface area (Å²) >= 11 is 0. The van der Waals surface area contributed by atoms with E-state index in [4.69, 9.17) is 4.42 Å². The Kier molecular flexibility index (Phi) is 2.82. The predicted molar refractivity (Wildman–Crippen MR) is 66.6 cm³/mol. The number of hydrogen-bond donors (Lipinski definition) is 2. The Bertz CT molecular complexity index is 688. The first-order valence-corrected chi connectivity index (χ1v) is 5.83. The number of benzene rings is 1. The Morgan fingerprint density at radius 1 is 1.45 bits per heavy atom. The summed E-state index contributed by atoms with van der Waals surface area (Å²) in [5.74, 6) is -1.74. The number of aromatic nitrogens is 1. The standard InChI is InChI=1S/C12H10N4O4/c17-9(18)5-7-10(19)15-11(13-7)16-12-14-6-3-1-2-4-8(6)20-12/h1-4,7H,5H2,(H,17,18)(H2,13,14,15,16,19)/p-1/t7-/m1/s1. The number of nitrogens with one attached hydrogen (secondary N) is 2. The number of carbonyl (C=O) groups excluding carboxylic acids is 2. The Morgan fingerprint density at radius 2 is 2.25 bits per heavy atom. The number of carboxylic acids is 1. The molecular weight excluding hydrogens is 264 g/mol. The van der Waals surface area contributed by atoms with E-state index < -0.39 is 24.3 Å². The molecule has 102 valence electrons. The molecular formula is C12H9N4O4-. The lowest BCUT2D eigenvalue weighted by molar-refractivity contribution is -0.305. The van der Waals surface area contributed by atoms with Crippen molar-refractivity contribution in [1.82, 2.24) is 10.3 Å². The van der Waals surface area contributed by atoms with Gasteiger partial charge in [0, 0.05) is 12.4 Å². The molecule has 0 aliphatic carbocycles. The zero-order valence-corrected chi connectivity index (χ0v) is 10.1. The number of rotatable bonds is 3. The van der Waals surface area contributed by atoms with Gasteiger partial charge in [-0.3, -0.25) is 15.4 Å². The molecule has 2 heterocycles. The number of guanidine groups is 1. The summed E-state index contributed by atoms with van der Waals surface area (Å²) in [5.41, 5.74) is 1.25. The molecule has 1 aromatic heterocycles. The summed E-state index contributed by atoms with van der Waals surface area (Å²) in [5, 5.41) is 15.6. The Morgan fingerprint density at radius 3 is 3.00 bits per heavy atom. The van der Waals surface area contributed by atoms with E-state index in [0.29, 0.717) is 11.1 Å². The molecule has 1 aromatic carbocycles. The molecule has 0 spiro atoms. The van der Waals surface area contributed by atoms with Crippen LogP contribution in [0.1, 0.15) is 6.42 Å². The van der Waals surface area contributed by atoms with Crippen molar-refractivity contribution in [2.75, 3.05) is 5.32 Å². The van der Waals surface area contributed by atoms with Gasteiger partial charge in [-0.05, 0) is 12.1 Å². The van der Waals surface area contributed by atoms with Crippen molar-refractivity contribution in [3.8, 4) is 0 Å². The summed E-state index contributed by atoms with van der Waals surface area (Å²) in [7, 11) is 0. The third-order valence-electron chi connectivity index (χ3n) is 2.71. The van der Waals surface area contributed by atoms with Gasteiger partial charge >= 0.3 is 6.01 Å². The molecule has 1 aliphatic heterocycles. The molecule has 1 atom stereocenters. The van der Waals surface area contributed by atoms with Gasteiger partial charge in [0.15, 0.2) is 5.58 Å². The van der Waals surface area contributed by atoms with Crippen molar-refractivity contribution in [2.24, 2.45) is 4.99 Å². The highest BCUT2D eigenvalue weighted by Crippen LogP contribution is 2.18. The molecule has 8 nitrogen and oxygen atoms in total. The molecule has 20 heavy (non-hydrogen) atoms. The summed E-state index contributed by atoms with van der Waals surface area (Å²) in [4.78, 5) is 30.0. The molecule has 2 N–H and O–H groups in total. The number of nitrogens with zero attached hydrogens (tertiary/aromatic N) is 2. The second-order valence-electron chi connectivity index (χ2n) is 4.17. The second kappa shape index (κ2) is 4.65. The maximum Gasteiger partial charge on any atom is 0.302 e. The van der Waals surface area contributed by atoms with E-state index in [1.165, 1.54) is 0 Å². The average molecular weight is 273 g/mol. The van der Waals surface area contributed by atoms with Crippen molar-refractivity contribution in [3.63, 3.8) is 0 Å². The normalized spacial score (nSPS) is 17.9. The minimum atomic E-state index is -1.34. The highest BCUT2D eigenvalue weighted by molar-refractivity contribution is 6.10. The summed E-state index contributed by atoms with van der Waals surface area (Å²) in [6.07, 6.45) is -0.468. The zero-order valence-electron chi connectivity index (χ0n) is 10.1. The smallest absolute Gasteiger partial charge is 0.302 e. The highest BCUT2D eigenvalue weighted by atomic mass is 16.4.